The molecule has 1 aromatic rings. The highest BCUT2D eigenvalue weighted by molar-refractivity contribution is 5.48. The number of nitrogens with one attached hydrogen (secondary N) is 2. The predicted molar refractivity (Wildman–Crippen MR) is 92.1 cm³/mol. The molecule has 0 fully saturated rings. The van der Waals surface area contributed by atoms with Gasteiger partial charge in [0.25, 0.3) is 0 Å². The first-order chi connectivity index (χ1) is 10.1. The normalized spacial score (nSPS) is 12.5. The van der Waals surface area contributed by atoms with Crippen molar-refractivity contribution in [2.45, 2.75) is 78.7 Å². The molecule has 1 atom stereocenters. The summed E-state index contributed by atoms with van der Waals surface area (Å²) in [5.41, 5.74) is 0. The minimum absolute atomic E-state index is 0.337. The molecule has 0 radical (unpaired) electrons. The van der Waals surface area contributed by atoms with Crippen molar-refractivity contribution in [2.24, 2.45) is 0 Å². The van der Waals surface area contributed by atoms with E-state index < -0.39 is 0 Å². The van der Waals surface area contributed by atoms with E-state index in [1.807, 2.05) is 6.07 Å². The van der Waals surface area contributed by atoms with E-state index in [4.69, 9.17) is 0 Å². The summed E-state index contributed by atoms with van der Waals surface area (Å²) in [6.45, 7) is 11.8. The number of hydrogen-bond donors (Lipinski definition) is 2. The van der Waals surface area contributed by atoms with Crippen molar-refractivity contribution < 1.29 is 0 Å². The number of anilines is 2. The molecule has 2 N–H and O–H groups in total. The van der Waals surface area contributed by atoms with Crippen molar-refractivity contribution in [1.29, 1.82) is 0 Å². The molecule has 0 aliphatic heterocycles. The van der Waals surface area contributed by atoms with Crippen LogP contribution in [0.3, 0.4) is 0 Å². The van der Waals surface area contributed by atoms with E-state index in [1.54, 1.807) is 0 Å². The van der Waals surface area contributed by atoms with Gasteiger partial charge in [-0.05, 0) is 19.8 Å². The van der Waals surface area contributed by atoms with Gasteiger partial charge in [-0.25, -0.2) is 9.97 Å². The molecule has 0 amide bonds. The van der Waals surface area contributed by atoms with Crippen LogP contribution >= 0.6 is 0 Å². The van der Waals surface area contributed by atoms with Gasteiger partial charge in [0.2, 0.25) is 0 Å². The molecule has 0 saturated heterocycles. The van der Waals surface area contributed by atoms with Gasteiger partial charge in [0.15, 0.2) is 0 Å². The lowest BCUT2D eigenvalue weighted by Crippen LogP contribution is -2.17. The van der Waals surface area contributed by atoms with Crippen LogP contribution in [0.5, 0.6) is 0 Å². The number of unbranched alkanes of at least 4 members (excludes halogenated alkanes) is 2. The number of rotatable bonds is 10. The molecule has 4 heteroatoms. The molecule has 0 aliphatic rings. The van der Waals surface area contributed by atoms with Gasteiger partial charge in [0, 0.05) is 24.6 Å². The quantitative estimate of drug-likeness (QED) is 0.608. The molecule has 0 aliphatic carbocycles. The molecule has 1 rings (SSSR count). The maximum absolute atomic E-state index is 4.65. The summed E-state index contributed by atoms with van der Waals surface area (Å²) in [6.07, 6.45) is 6.12. The third-order valence-corrected chi connectivity index (χ3v) is 3.45. The third kappa shape index (κ3) is 6.78. The van der Waals surface area contributed by atoms with E-state index in [2.05, 4.69) is 55.2 Å². The highest BCUT2D eigenvalue weighted by Gasteiger charge is 2.10. The molecule has 0 bridgehead atoms. The Labute approximate surface area is 130 Å². The van der Waals surface area contributed by atoms with Crippen molar-refractivity contribution in [3.63, 3.8) is 0 Å². The molecule has 1 unspecified atom stereocenters. The second-order valence-electron chi connectivity index (χ2n) is 6.12. The third-order valence-electron chi connectivity index (χ3n) is 3.45. The van der Waals surface area contributed by atoms with Gasteiger partial charge in [-0.1, -0.05) is 47.0 Å². The molecule has 120 valence electrons. The van der Waals surface area contributed by atoms with Crippen molar-refractivity contribution in [2.75, 3.05) is 17.2 Å². The SMILES string of the molecule is CCCCCC(C)Nc1cc(NCCC)nc(C(C)C)n1. The summed E-state index contributed by atoms with van der Waals surface area (Å²) < 4.78 is 0. The second kappa shape index (κ2) is 9.59. The molecule has 1 aromatic heterocycles. The van der Waals surface area contributed by atoms with Crippen LogP contribution in [0.1, 0.15) is 78.5 Å². The van der Waals surface area contributed by atoms with Gasteiger partial charge >= 0.3 is 0 Å². The Bertz CT molecular complexity index is 404. The largest absolute Gasteiger partial charge is 0.370 e. The number of nitrogens with zero attached hydrogens (tertiary/aromatic N) is 2. The van der Waals surface area contributed by atoms with Crippen LogP contribution in [-0.4, -0.2) is 22.6 Å². The highest BCUT2D eigenvalue weighted by Crippen LogP contribution is 2.18. The van der Waals surface area contributed by atoms with Gasteiger partial charge in [0.05, 0.1) is 0 Å². The van der Waals surface area contributed by atoms with Crippen LogP contribution in [0, 0.1) is 0 Å². The van der Waals surface area contributed by atoms with Gasteiger partial charge in [-0.15, -0.1) is 0 Å². The summed E-state index contributed by atoms with van der Waals surface area (Å²) in [5, 5.41) is 6.89. The van der Waals surface area contributed by atoms with Crippen LogP contribution < -0.4 is 10.6 Å². The zero-order chi connectivity index (χ0) is 15.7. The standard InChI is InChI=1S/C17H32N4/c1-6-8-9-10-14(5)19-16-12-15(18-11-7-2)20-17(21-16)13(3)4/h12-14H,6-11H2,1-5H3,(H2,18,19,20,21). The van der Waals surface area contributed by atoms with Gasteiger partial charge < -0.3 is 10.6 Å². The van der Waals surface area contributed by atoms with Crippen LogP contribution in [-0.2, 0) is 0 Å². The van der Waals surface area contributed by atoms with Crippen LogP contribution in [0.2, 0.25) is 0 Å². The fraction of sp³-hybridized carbons (Fsp3) is 0.765. The lowest BCUT2D eigenvalue weighted by Gasteiger charge is -2.17. The molecule has 4 nitrogen and oxygen atoms in total. The Kier molecular flexibility index (Phi) is 8.09. The average molecular weight is 292 g/mol. The second-order valence-corrected chi connectivity index (χ2v) is 6.12. The van der Waals surface area contributed by atoms with Crippen LogP contribution in [0.25, 0.3) is 0 Å². The Balaban J connectivity index is 2.72. The van der Waals surface area contributed by atoms with Crippen molar-refractivity contribution >= 4 is 11.6 Å². The maximum atomic E-state index is 4.65. The Morgan fingerprint density at radius 3 is 2.33 bits per heavy atom. The predicted octanol–water partition coefficient (Wildman–Crippen LogP) is 4.80. The summed E-state index contributed by atoms with van der Waals surface area (Å²) in [5.74, 6) is 3.11. The van der Waals surface area contributed by atoms with E-state index >= 15 is 0 Å². The van der Waals surface area contributed by atoms with Gasteiger partial charge in [-0.3, -0.25) is 0 Å². The Morgan fingerprint density at radius 2 is 1.71 bits per heavy atom. The molecule has 1 heterocycles. The van der Waals surface area contributed by atoms with Gasteiger partial charge in [-0.2, -0.15) is 0 Å². The number of aromatic nitrogens is 2. The lowest BCUT2D eigenvalue weighted by molar-refractivity contribution is 0.613. The monoisotopic (exact) mass is 292 g/mol. The van der Waals surface area contributed by atoms with E-state index in [0.29, 0.717) is 12.0 Å². The van der Waals surface area contributed by atoms with E-state index in [-0.39, 0.29) is 0 Å². The summed E-state index contributed by atoms with van der Waals surface area (Å²) >= 11 is 0. The van der Waals surface area contributed by atoms with Gasteiger partial charge in [0.1, 0.15) is 17.5 Å². The van der Waals surface area contributed by atoms with E-state index in [9.17, 15) is 0 Å². The molecular weight excluding hydrogens is 260 g/mol. The fourth-order valence-electron chi connectivity index (χ4n) is 2.17. The van der Waals surface area contributed by atoms with Crippen LogP contribution in [0.15, 0.2) is 6.07 Å². The van der Waals surface area contributed by atoms with Crippen molar-refractivity contribution in [3.05, 3.63) is 11.9 Å². The smallest absolute Gasteiger partial charge is 0.135 e. The first kappa shape index (κ1) is 17.7. The summed E-state index contributed by atoms with van der Waals surface area (Å²) in [7, 11) is 0. The first-order valence-corrected chi connectivity index (χ1v) is 8.46. The lowest BCUT2D eigenvalue weighted by atomic mass is 10.1. The molecule has 21 heavy (non-hydrogen) atoms. The fourth-order valence-corrected chi connectivity index (χ4v) is 2.17. The van der Waals surface area contributed by atoms with Crippen molar-refractivity contribution in [1.82, 2.24) is 9.97 Å². The molecular formula is C17H32N4. The highest BCUT2D eigenvalue weighted by atomic mass is 15.1. The molecule has 0 aromatic carbocycles. The maximum Gasteiger partial charge on any atom is 0.135 e. The first-order valence-electron chi connectivity index (χ1n) is 8.46. The molecule has 0 spiro atoms. The zero-order valence-corrected chi connectivity index (χ0v) is 14.4. The van der Waals surface area contributed by atoms with E-state index in [1.165, 1.54) is 25.7 Å². The number of hydrogen-bond acceptors (Lipinski definition) is 4. The summed E-state index contributed by atoms with van der Waals surface area (Å²) in [4.78, 5) is 9.24. The van der Waals surface area contributed by atoms with E-state index in [0.717, 1.165) is 30.4 Å². The molecule has 0 saturated carbocycles. The minimum atomic E-state index is 0.337. The minimum Gasteiger partial charge on any atom is -0.370 e. The Morgan fingerprint density at radius 1 is 1.00 bits per heavy atom. The zero-order valence-electron chi connectivity index (χ0n) is 14.4. The average Bonchev–Trinajstić information content (AvgIpc) is 2.45. The summed E-state index contributed by atoms with van der Waals surface area (Å²) in [6, 6.07) is 2.48. The Hall–Kier alpha value is -1.32. The topological polar surface area (TPSA) is 49.8 Å². The van der Waals surface area contributed by atoms with Crippen LogP contribution in [0.4, 0.5) is 11.6 Å². The van der Waals surface area contributed by atoms with Crippen molar-refractivity contribution in [3.8, 4) is 0 Å².